The van der Waals surface area contributed by atoms with Gasteiger partial charge >= 0.3 is 10.8 Å². The highest BCUT2D eigenvalue weighted by Crippen LogP contribution is 2.39. The van der Waals surface area contributed by atoms with E-state index < -0.39 is 24.0 Å². The molecule has 7 nitrogen and oxygen atoms in total. The highest BCUT2D eigenvalue weighted by atomic mass is 32.1. The molecule has 1 saturated carbocycles. The lowest BCUT2D eigenvalue weighted by Gasteiger charge is -2.22. The Hall–Kier alpha value is -2.14. The smallest absolute Gasteiger partial charge is 0.308 e. The van der Waals surface area contributed by atoms with Crippen LogP contribution in [0.5, 0.6) is 0 Å². The molecule has 23 heavy (non-hydrogen) atoms. The molecule has 1 aliphatic rings. The summed E-state index contributed by atoms with van der Waals surface area (Å²) in [6.07, 6.45) is 1.85. The average molecular weight is 337 g/mol. The number of rotatable bonds is 7. The predicted octanol–water partition coefficient (Wildman–Crippen LogP) is 0.960. The van der Waals surface area contributed by atoms with Gasteiger partial charge in [-0.3, -0.25) is 14.4 Å². The predicted molar refractivity (Wildman–Crippen MR) is 83.8 cm³/mol. The minimum Gasteiger partial charge on any atom is -0.456 e. The molecule has 1 aromatic rings. The van der Waals surface area contributed by atoms with Crippen molar-refractivity contribution in [2.45, 2.75) is 45.2 Å². The third-order valence-electron chi connectivity index (χ3n) is 3.91. The molecule has 1 aliphatic carbocycles. The molecule has 0 aliphatic heterocycles. The maximum atomic E-state index is 11.8. The highest BCUT2D eigenvalue weighted by molar-refractivity contribution is 7.07. The number of aromatic nitrogens is 1. The molecule has 0 unspecified atom stereocenters. The molecule has 1 heterocycles. The number of nitriles is 1. The van der Waals surface area contributed by atoms with Gasteiger partial charge in [0, 0.05) is 17.6 Å². The molecular formula is C15H19N3O4S. The van der Waals surface area contributed by atoms with Crippen LogP contribution in [0.2, 0.25) is 0 Å². The molecule has 1 N–H and O–H groups in total. The Labute approximate surface area is 137 Å². The second kappa shape index (κ2) is 6.96. The molecule has 0 aromatic carbocycles. The number of thiazole rings is 1. The van der Waals surface area contributed by atoms with Gasteiger partial charge in [-0.2, -0.15) is 5.26 Å². The molecule has 1 fully saturated rings. The first-order valence-electron chi connectivity index (χ1n) is 7.38. The van der Waals surface area contributed by atoms with Crippen molar-refractivity contribution in [2.24, 2.45) is 5.92 Å². The van der Waals surface area contributed by atoms with Gasteiger partial charge in [-0.1, -0.05) is 11.3 Å². The van der Waals surface area contributed by atoms with Gasteiger partial charge in [0.05, 0.1) is 12.5 Å². The third-order valence-corrected chi connectivity index (χ3v) is 4.79. The van der Waals surface area contributed by atoms with Gasteiger partial charge in [-0.05, 0) is 32.6 Å². The molecule has 0 bridgehead atoms. The van der Waals surface area contributed by atoms with E-state index in [1.807, 2.05) is 0 Å². The first-order valence-corrected chi connectivity index (χ1v) is 8.26. The number of carbonyl (C=O) groups is 2. The van der Waals surface area contributed by atoms with Gasteiger partial charge < -0.3 is 14.6 Å². The van der Waals surface area contributed by atoms with Gasteiger partial charge in [-0.25, -0.2) is 0 Å². The molecule has 1 amide bonds. The summed E-state index contributed by atoms with van der Waals surface area (Å²) in [4.78, 5) is 34.9. The van der Waals surface area contributed by atoms with Crippen LogP contribution in [0, 0.1) is 24.2 Å². The van der Waals surface area contributed by atoms with Crippen LogP contribution in [-0.4, -0.2) is 28.6 Å². The zero-order valence-corrected chi connectivity index (χ0v) is 13.9. The Morgan fingerprint density at radius 1 is 1.57 bits per heavy atom. The van der Waals surface area contributed by atoms with Crippen molar-refractivity contribution in [2.75, 3.05) is 6.61 Å². The number of nitrogens with one attached hydrogen (secondary N) is 1. The molecule has 8 heteroatoms. The molecular weight excluding hydrogens is 318 g/mol. The third kappa shape index (κ3) is 4.42. The van der Waals surface area contributed by atoms with Gasteiger partial charge in [0.25, 0.3) is 5.91 Å². The number of nitrogens with zero attached hydrogens (tertiary/aromatic N) is 2. The van der Waals surface area contributed by atoms with Crippen LogP contribution in [0.25, 0.3) is 0 Å². The number of aryl methyl sites for hydroxylation is 1. The van der Waals surface area contributed by atoms with E-state index in [4.69, 9.17) is 10.00 Å². The average Bonchev–Trinajstić information content (AvgIpc) is 3.32. The summed E-state index contributed by atoms with van der Waals surface area (Å²) in [7, 11) is 0. The van der Waals surface area contributed by atoms with Crippen LogP contribution in [0.15, 0.2) is 10.2 Å². The largest absolute Gasteiger partial charge is 0.456 e. The van der Waals surface area contributed by atoms with Crippen molar-refractivity contribution in [1.29, 1.82) is 5.26 Å². The Bertz CT molecular complexity index is 698. The maximum absolute atomic E-state index is 11.8. The Morgan fingerprint density at radius 2 is 2.26 bits per heavy atom. The van der Waals surface area contributed by atoms with Crippen molar-refractivity contribution < 1.29 is 14.3 Å². The number of hydrogen-bond acceptors (Lipinski definition) is 6. The number of esters is 1. The minimum atomic E-state index is -0.898. The zero-order chi connectivity index (χ0) is 17.0. The van der Waals surface area contributed by atoms with Crippen LogP contribution in [0.3, 0.4) is 0 Å². The van der Waals surface area contributed by atoms with Crippen molar-refractivity contribution >= 4 is 23.2 Å². The fraction of sp³-hybridized carbons (Fsp3) is 0.600. The second-order valence-electron chi connectivity index (χ2n) is 5.84. The Kier molecular flexibility index (Phi) is 5.21. The second-order valence-corrected chi connectivity index (χ2v) is 6.66. The fourth-order valence-electron chi connectivity index (χ4n) is 2.30. The number of carbonyl (C=O) groups excluding carboxylic acids is 2. The first kappa shape index (κ1) is 17.2. The van der Waals surface area contributed by atoms with E-state index >= 15 is 0 Å². The van der Waals surface area contributed by atoms with Gasteiger partial charge in [-0.15, -0.1) is 0 Å². The first-order chi connectivity index (χ1) is 10.9. The van der Waals surface area contributed by atoms with Crippen molar-refractivity contribution in [3.8, 4) is 6.07 Å². The Balaban J connectivity index is 1.75. The van der Waals surface area contributed by atoms with E-state index in [0.29, 0.717) is 0 Å². The zero-order valence-electron chi connectivity index (χ0n) is 13.1. The van der Waals surface area contributed by atoms with Crippen LogP contribution >= 0.6 is 11.3 Å². The lowest BCUT2D eigenvalue weighted by Crippen LogP contribution is -2.48. The maximum Gasteiger partial charge on any atom is 0.308 e. The van der Waals surface area contributed by atoms with E-state index in [1.54, 1.807) is 19.2 Å². The summed E-state index contributed by atoms with van der Waals surface area (Å²) in [5.74, 6) is -0.874. The summed E-state index contributed by atoms with van der Waals surface area (Å²) in [6, 6.07) is 2.11. The van der Waals surface area contributed by atoms with E-state index in [9.17, 15) is 14.4 Å². The van der Waals surface area contributed by atoms with Gasteiger partial charge in [0.15, 0.2) is 6.61 Å². The standard InChI is InChI=1S/C15H19N3O4S/c1-10-8-23-14(21)18(10)6-5-13(20)22-7-12(19)17-15(2,9-16)11-3-4-11/h8,11H,3-7H2,1-2H3,(H,17,19)/t15-/m0/s1. The molecule has 0 radical (unpaired) electrons. The monoisotopic (exact) mass is 337 g/mol. The molecule has 124 valence electrons. The summed E-state index contributed by atoms with van der Waals surface area (Å²) in [6.45, 7) is 3.28. The number of amides is 1. The summed E-state index contributed by atoms with van der Waals surface area (Å²) in [5, 5.41) is 13.5. The highest BCUT2D eigenvalue weighted by Gasteiger charge is 2.43. The number of ether oxygens (including phenoxy) is 1. The lowest BCUT2D eigenvalue weighted by atomic mass is 9.98. The van der Waals surface area contributed by atoms with Crippen LogP contribution in [-0.2, 0) is 20.9 Å². The molecule has 1 atom stereocenters. The number of hydrogen-bond donors (Lipinski definition) is 1. The van der Waals surface area contributed by atoms with Crippen LogP contribution in [0.4, 0.5) is 0 Å². The Morgan fingerprint density at radius 3 is 2.78 bits per heavy atom. The quantitative estimate of drug-likeness (QED) is 0.747. The lowest BCUT2D eigenvalue weighted by molar-refractivity contribution is -0.149. The molecule has 1 aromatic heterocycles. The minimum absolute atomic E-state index is 0.0168. The molecule has 0 saturated heterocycles. The normalized spacial score (nSPS) is 16.2. The van der Waals surface area contributed by atoms with Gasteiger partial charge in [0.1, 0.15) is 5.54 Å². The van der Waals surface area contributed by atoms with E-state index in [2.05, 4.69) is 11.4 Å². The van der Waals surface area contributed by atoms with E-state index in [0.717, 1.165) is 29.9 Å². The van der Waals surface area contributed by atoms with E-state index in [-0.39, 0.29) is 23.8 Å². The molecule has 0 spiro atoms. The molecule has 2 rings (SSSR count). The van der Waals surface area contributed by atoms with E-state index in [1.165, 1.54) is 4.57 Å². The van der Waals surface area contributed by atoms with Gasteiger partial charge in [0.2, 0.25) is 0 Å². The van der Waals surface area contributed by atoms with Crippen molar-refractivity contribution in [3.05, 3.63) is 20.7 Å². The fourth-order valence-corrected chi connectivity index (χ4v) is 3.06. The van der Waals surface area contributed by atoms with Crippen molar-refractivity contribution in [1.82, 2.24) is 9.88 Å². The summed E-state index contributed by atoms with van der Waals surface area (Å²) in [5.41, 5.74) is -0.107. The van der Waals surface area contributed by atoms with Crippen LogP contribution < -0.4 is 10.2 Å². The van der Waals surface area contributed by atoms with Crippen LogP contribution in [0.1, 0.15) is 31.9 Å². The topological polar surface area (TPSA) is 101 Å². The van der Waals surface area contributed by atoms with Crippen molar-refractivity contribution in [3.63, 3.8) is 0 Å². The summed E-state index contributed by atoms with van der Waals surface area (Å²) < 4.78 is 6.39. The summed E-state index contributed by atoms with van der Waals surface area (Å²) >= 11 is 1.08. The SMILES string of the molecule is Cc1csc(=O)n1CCC(=O)OCC(=O)N[C@@](C)(C#N)C1CC1.